The van der Waals surface area contributed by atoms with Crippen LogP contribution in [0.2, 0.25) is 0 Å². The lowest BCUT2D eigenvalue weighted by Gasteiger charge is -2.24. The van der Waals surface area contributed by atoms with Crippen LogP contribution in [-0.4, -0.2) is 54.0 Å². The lowest BCUT2D eigenvalue weighted by molar-refractivity contribution is 0.0378. The van der Waals surface area contributed by atoms with E-state index in [-0.39, 0.29) is 18.0 Å². The number of ether oxygens (including phenoxy) is 1. The Hall–Kier alpha value is -2.41. The van der Waals surface area contributed by atoms with Gasteiger partial charge in [0.2, 0.25) is 0 Å². The molecule has 0 spiro atoms. The van der Waals surface area contributed by atoms with E-state index in [1.165, 1.54) is 11.3 Å². The van der Waals surface area contributed by atoms with E-state index in [4.69, 9.17) is 4.74 Å². The second kappa shape index (κ2) is 8.31. The molecule has 1 aliphatic heterocycles. The molecule has 6 nitrogen and oxygen atoms in total. The van der Waals surface area contributed by atoms with E-state index in [0.29, 0.717) is 31.0 Å². The topological polar surface area (TPSA) is 62.7 Å². The first-order chi connectivity index (χ1) is 12.6. The molecule has 1 aliphatic rings. The van der Waals surface area contributed by atoms with E-state index in [9.17, 15) is 9.59 Å². The van der Waals surface area contributed by atoms with Gasteiger partial charge >= 0.3 is 5.97 Å². The van der Waals surface area contributed by atoms with Gasteiger partial charge in [0.05, 0.1) is 11.0 Å². The lowest BCUT2D eigenvalue weighted by Crippen LogP contribution is -2.35. The first-order valence-electron chi connectivity index (χ1n) is 8.80. The number of anilines is 1. The highest BCUT2D eigenvalue weighted by atomic mass is 32.1. The molecule has 0 bridgehead atoms. The summed E-state index contributed by atoms with van der Waals surface area (Å²) in [6, 6.07) is 7.23. The maximum atomic E-state index is 12.6. The van der Waals surface area contributed by atoms with Gasteiger partial charge in [-0.25, -0.2) is 9.78 Å². The number of carbonyl (C=O) groups is 2. The van der Waals surface area contributed by atoms with Gasteiger partial charge in [0, 0.05) is 32.4 Å². The van der Waals surface area contributed by atoms with Crippen LogP contribution in [0.3, 0.4) is 0 Å². The van der Waals surface area contributed by atoms with Gasteiger partial charge in [-0.05, 0) is 43.8 Å². The standard InChI is InChI=1S/C19H23N3O3S/c1-14(2)25-19(24)15-6-3-8-20-17(15)21-9-5-10-22(12-11-21)18(23)16-7-4-13-26-16/h3-4,6-8,13-14H,5,9-12H2,1-2H3. The van der Waals surface area contributed by atoms with Crippen molar-refractivity contribution in [2.45, 2.75) is 26.4 Å². The highest BCUT2D eigenvalue weighted by molar-refractivity contribution is 7.12. The van der Waals surface area contributed by atoms with E-state index in [2.05, 4.69) is 9.88 Å². The largest absolute Gasteiger partial charge is 0.459 e. The van der Waals surface area contributed by atoms with Crippen molar-refractivity contribution < 1.29 is 14.3 Å². The van der Waals surface area contributed by atoms with Crippen molar-refractivity contribution in [2.75, 3.05) is 31.1 Å². The molecule has 0 N–H and O–H groups in total. The normalized spacial score (nSPS) is 15.0. The molecular formula is C19H23N3O3S. The van der Waals surface area contributed by atoms with Crippen molar-refractivity contribution in [3.63, 3.8) is 0 Å². The summed E-state index contributed by atoms with van der Waals surface area (Å²) in [5.74, 6) is 0.338. The van der Waals surface area contributed by atoms with Gasteiger partial charge in [-0.1, -0.05) is 6.07 Å². The third kappa shape index (κ3) is 4.22. The Labute approximate surface area is 157 Å². The average molecular weight is 373 g/mol. The summed E-state index contributed by atoms with van der Waals surface area (Å²) < 4.78 is 5.34. The van der Waals surface area contributed by atoms with Crippen molar-refractivity contribution in [2.24, 2.45) is 0 Å². The van der Waals surface area contributed by atoms with Gasteiger partial charge in [0.1, 0.15) is 11.4 Å². The van der Waals surface area contributed by atoms with Gasteiger partial charge in [-0.3, -0.25) is 4.79 Å². The van der Waals surface area contributed by atoms with Gasteiger partial charge in [-0.2, -0.15) is 0 Å². The van der Waals surface area contributed by atoms with Crippen molar-refractivity contribution >= 4 is 29.0 Å². The number of esters is 1. The third-order valence-electron chi connectivity index (χ3n) is 4.16. The molecule has 0 aromatic carbocycles. The number of hydrogen-bond donors (Lipinski definition) is 0. The molecular weight excluding hydrogens is 350 g/mol. The number of pyridine rings is 1. The number of carbonyl (C=O) groups excluding carboxylic acids is 2. The molecule has 0 unspecified atom stereocenters. The fourth-order valence-corrected chi connectivity index (χ4v) is 3.67. The molecule has 1 saturated heterocycles. The van der Waals surface area contributed by atoms with E-state index in [1.54, 1.807) is 18.3 Å². The van der Waals surface area contributed by atoms with Crippen LogP contribution in [0.4, 0.5) is 5.82 Å². The zero-order chi connectivity index (χ0) is 18.5. The van der Waals surface area contributed by atoms with E-state index >= 15 is 0 Å². The van der Waals surface area contributed by atoms with E-state index in [1.807, 2.05) is 36.3 Å². The molecule has 1 amide bonds. The molecule has 138 valence electrons. The number of amides is 1. The Kier molecular flexibility index (Phi) is 5.88. The zero-order valence-corrected chi connectivity index (χ0v) is 15.9. The first-order valence-corrected chi connectivity index (χ1v) is 9.68. The minimum atomic E-state index is -0.362. The summed E-state index contributed by atoms with van der Waals surface area (Å²) >= 11 is 1.46. The van der Waals surface area contributed by atoms with Crippen LogP contribution in [-0.2, 0) is 4.74 Å². The number of rotatable bonds is 4. The highest BCUT2D eigenvalue weighted by Gasteiger charge is 2.24. The summed E-state index contributed by atoms with van der Waals surface area (Å²) in [5.41, 5.74) is 0.472. The smallest absolute Gasteiger partial charge is 0.342 e. The number of hydrogen-bond acceptors (Lipinski definition) is 6. The van der Waals surface area contributed by atoms with Crippen LogP contribution in [0.1, 0.15) is 40.3 Å². The molecule has 26 heavy (non-hydrogen) atoms. The summed E-state index contributed by atoms with van der Waals surface area (Å²) in [5, 5.41) is 1.91. The molecule has 0 saturated carbocycles. The van der Waals surface area contributed by atoms with Crippen LogP contribution in [0.15, 0.2) is 35.8 Å². The Balaban J connectivity index is 1.73. The van der Waals surface area contributed by atoms with Gasteiger partial charge in [0.15, 0.2) is 0 Å². The van der Waals surface area contributed by atoms with Crippen LogP contribution >= 0.6 is 11.3 Å². The minimum absolute atomic E-state index is 0.0716. The van der Waals surface area contributed by atoms with Crippen molar-refractivity contribution in [3.05, 3.63) is 46.3 Å². The van der Waals surface area contributed by atoms with E-state index < -0.39 is 0 Å². The number of nitrogens with zero attached hydrogens (tertiary/aromatic N) is 3. The molecule has 0 atom stereocenters. The maximum absolute atomic E-state index is 12.6. The van der Waals surface area contributed by atoms with Gasteiger partial charge in [0.25, 0.3) is 5.91 Å². The van der Waals surface area contributed by atoms with Crippen LogP contribution in [0.25, 0.3) is 0 Å². The fraction of sp³-hybridized carbons (Fsp3) is 0.421. The summed E-state index contributed by atoms with van der Waals surface area (Å²) in [7, 11) is 0. The Morgan fingerprint density at radius 3 is 2.73 bits per heavy atom. The predicted octanol–water partition coefficient (Wildman–Crippen LogP) is 3.06. The Morgan fingerprint density at radius 1 is 1.15 bits per heavy atom. The molecule has 0 aliphatic carbocycles. The van der Waals surface area contributed by atoms with Crippen LogP contribution in [0.5, 0.6) is 0 Å². The van der Waals surface area contributed by atoms with Crippen molar-refractivity contribution in [3.8, 4) is 0 Å². The summed E-state index contributed by atoms with van der Waals surface area (Å²) in [6.45, 7) is 6.34. The Morgan fingerprint density at radius 2 is 2.00 bits per heavy atom. The maximum Gasteiger partial charge on any atom is 0.342 e. The van der Waals surface area contributed by atoms with Gasteiger partial charge in [-0.15, -0.1) is 11.3 Å². The van der Waals surface area contributed by atoms with Crippen LogP contribution in [0, 0.1) is 0 Å². The second-order valence-electron chi connectivity index (χ2n) is 6.44. The summed E-state index contributed by atoms with van der Waals surface area (Å²) in [6.07, 6.45) is 2.33. The molecule has 3 rings (SSSR count). The first kappa shape index (κ1) is 18.4. The SMILES string of the molecule is CC(C)OC(=O)c1cccnc1N1CCCN(C(=O)c2cccs2)CC1. The Bertz CT molecular complexity index is 761. The van der Waals surface area contributed by atoms with Crippen molar-refractivity contribution in [1.82, 2.24) is 9.88 Å². The lowest BCUT2D eigenvalue weighted by atomic mass is 10.2. The number of aromatic nitrogens is 1. The van der Waals surface area contributed by atoms with Crippen molar-refractivity contribution in [1.29, 1.82) is 0 Å². The molecule has 0 radical (unpaired) electrons. The van der Waals surface area contributed by atoms with Crippen LogP contribution < -0.4 is 4.90 Å². The molecule has 7 heteroatoms. The third-order valence-corrected chi connectivity index (χ3v) is 5.02. The van der Waals surface area contributed by atoms with E-state index in [0.717, 1.165) is 17.8 Å². The summed E-state index contributed by atoms with van der Waals surface area (Å²) in [4.78, 5) is 34.1. The molecule has 1 fully saturated rings. The highest BCUT2D eigenvalue weighted by Crippen LogP contribution is 2.21. The zero-order valence-electron chi connectivity index (χ0n) is 15.1. The predicted molar refractivity (Wildman–Crippen MR) is 102 cm³/mol. The fourth-order valence-electron chi connectivity index (χ4n) is 2.97. The monoisotopic (exact) mass is 373 g/mol. The number of thiophene rings is 1. The quantitative estimate of drug-likeness (QED) is 0.771. The second-order valence-corrected chi connectivity index (χ2v) is 7.39. The molecule has 2 aromatic rings. The van der Waals surface area contributed by atoms with Gasteiger partial charge < -0.3 is 14.5 Å². The minimum Gasteiger partial charge on any atom is -0.459 e. The molecule has 2 aromatic heterocycles. The average Bonchev–Trinajstić information content (AvgIpc) is 3.05. The molecule has 3 heterocycles.